The Kier molecular flexibility index (Phi) is 3.50. The summed E-state index contributed by atoms with van der Waals surface area (Å²) in [6, 6.07) is 2.49. The van der Waals surface area contributed by atoms with Crippen molar-refractivity contribution in [2.75, 3.05) is 19.6 Å². The summed E-state index contributed by atoms with van der Waals surface area (Å²) >= 11 is 0. The summed E-state index contributed by atoms with van der Waals surface area (Å²) in [7, 11) is 0. The fraction of sp³-hybridized carbons (Fsp3) is 0.944. The molecule has 1 unspecified atom stereocenters. The molecule has 5 fully saturated rings. The molecule has 4 saturated carbocycles. The molecule has 2 heteroatoms. The maximum atomic E-state index is 9.12. The Balaban J connectivity index is 1.38. The lowest BCUT2D eigenvalue weighted by Crippen LogP contribution is -2.49. The summed E-state index contributed by atoms with van der Waals surface area (Å²) in [6.07, 6.45) is 11.2. The molecule has 1 saturated heterocycles. The maximum Gasteiger partial charge on any atom is 0.0656 e. The summed E-state index contributed by atoms with van der Waals surface area (Å²) in [6.45, 7) is 3.79. The number of likely N-dealkylation sites (tertiary alicyclic amines) is 1. The van der Waals surface area contributed by atoms with Crippen molar-refractivity contribution in [3.05, 3.63) is 0 Å². The van der Waals surface area contributed by atoms with Crippen LogP contribution in [-0.2, 0) is 0 Å². The maximum absolute atomic E-state index is 9.12. The molecule has 0 aromatic rings. The van der Waals surface area contributed by atoms with Crippen molar-refractivity contribution in [1.29, 1.82) is 5.26 Å². The monoisotopic (exact) mass is 272 g/mol. The van der Waals surface area contributed by atoms with Crippen LogP contribution in [0.15, 0.2) is 0 Å². The molecule has 0 radical (unpaired) electrons. The van der Waals surface area contributed by atoms with Gasteiger partial charge in [-0.05, 0) is 94.0 Å². The van der Waals surface area contributed by atoms with E-state index in [2.05, 4.69) is 11.0 Å². The second-order valence-corrected chi connectivity index (χ2v) is 8.15. The van der Waals surface area contributed by atoms with E-state index < -0.39 is 0 Å². The predicted molar refractivity (Wildman–Crippen MR) is 79.9 cm³/mol. The van der Waals surface area contributed by atoms with Gasteiger partial charge < -0.3 is 4.90 Å². The molecule has 0 N–H and O–H groups in total. The molecule has 2 nitrogen and oxygen atoms in total. The molecular weight excluding hydrogens is 244 g/mol. The van der Waals surface area contributed by atoms with Gasteiger partial charge in [-0.3, -0.25) is 0 Å². The Morgan fingerprint density at radius 2 is 1.60 bits per heavy atom. The fourth-order valence-corrected chi connectivity index (χ4v) is 6.10. The zero-order valence-electron chi connectivity index (χ0n) is 12.6. The average Bonchev–Trinajstić information content (AvgIpc) is 2.67. The van der Waals surface area contributed by atoms with E-state index in [9.17, 15) is 0 Å². The Hall–Kier alpha value is -0.550. The van der Waals surface area contributed by atoms with Crippen molar-refractivity contribution in [1.82, 2.24) is 4.90 Å². The van der Waals surface area contributed by atoms with Gasteiger partial charge in [-0.15, -0.1) is 0 Å². The zero-order chi connectivity index (χ0) is 13.5. The highest BCUT2D eigenvalue weighted by Crippen LogP contribution is 2.56. The van der Waals surface area contributed by atoms with Crippen molar-refractivity contribution >= 4 is 0 Å². The molecule has 20 heavy (non-hydrogen) atoms. The molecule has 1 heterocycles. The molecule has 1 aliphatic heterocycles. The van der Waals surface area contributed by atoms with Gasteiger partial charge >= 0.3 is 0 Å². The third kappa shape index (κ3) is 2.39. The molecule has 4 aliphatic carbocycles. The Bertz CT molecular complexity index is 369. The van der Waals surface area contributed by atoms with E-state index in [1.807, 2.05) is 0 Å². The highest BCUT2D eigenvalue weighted by molar-refractivity contribution is 4.99. The van der Waals surface area contributed by atoms with E-state index in [0.29, 0.717) is 5.92 Å². The van der Waals surface area contributed by atoms with Gasteiger partial charge in [0, 0.05) is 12.5 Å². The first-order chi connectivity index (χ1) is 9.81. The zero-order valence-corrected chi connectivity index (χ0v) is 12.6. The van der Waals surface area contributed by atoms with Gasteiger partial charge in [-0.2, -0.15) is 5.26 Å². The predicted octanol–water partition coefficient (Wildman–Crippen LogP) is 3.68. The molecule has 0 aromatic heterocycles. The largest absolute Gasteiger partial charge is 0.303 e. The average molecular weight is 272 g/mol. The lowest BCUT2D eigenvalue weighted by Gasteiger charge is -2.55. The molecule has 5 aliphatic rings. The van der Waals surface area contributed by atoms with Crippen molar-refractivity contribution in [2.24, 2.45) is 35.5 Å². The van der Waals surface area contributed by atoms with E-state index in [1.54, 1.807) is 32.1 Å². The molecule has 5 rings (SSSR count). The Morgan fingerprint density at radius 1 is 0.900 bits per heavy atom. The SMILES string of the molecule is N#CC1CCCN(CC2C3CC4CC(C3)CC2C4)CC1. The normalized spacial score (nSPS) is 48.0. The van der Waals surface area contributed by atoms with Crippen molar-refractivity contribution < 1.29 is 0 Å². The summed E-state index contributed by atoms with van der Waals surface area (Å²) in [4.78, 5) is 2.71. The number of hydrogen-bond acceptors (Lipinski definition) is 2. The van der Waals surface area contributed by atoms with Crippen LogP contribution in [-0.4, -0.2) is 24.5 Å². The van der Waals surface area contributed by atoms with Crippen LogP contribution in [0.5, 0.6) is 0 Å². The Labute approximate surface area is 123 Å². The number of rotatable bonds is 2. The minimum atomic E-state index is 0.332. The van der Waals surface area contributed by atoms with Crippen LogP contribution in [0.2, 0.25) is 0 Å². The first-order valence-corrected chi connectivity index (χ1v) is 8.93. The van der Waals surface area contributed by atoms with Crippen molar-refractivity contribution in [3.8, 4) is 6.07 Å². The molecule has 0 aromatic carbocycles. The first kappa shape index (κ1) is 13.1. The van der Waals surface area contributed by atoms with Crippen molar-refractivity contribution in [2.45, 2.75) is 51.4 Å². The van der Waals surface area contributed by atoms with Gasteiger partial charge in [0.25, 0.3) is 0 Å². The first-order valence-electron chi connectivity index (χ1n) is 8.93. The van der Waals surface area contributed by atoms with Crippen LogP contribution in [0.3, 0.4) is 0 Å². The van der Waals surface area contributed by atoms with E-state index in [4.69, 9.17) is 5.26 Å². The second kappa shape index (κ2) is 5.34. The quantitative estimate of drug-likeness (QED) is 0.766. The van der Waals surface area contributed by atoms with Gasteiger partial charge in [-0.25, -0.2) is 0 Å². The van der Waals surface area contributed by atoms with E-state index in [0.717, 1.165) is 42.4 Å². The van der Waals surface area contributed by atoms with Crippen LogP contribution in [0.25, 0.3) is 0 Å². The van der Waals surface area contributed by atoms with Crippen LogP contribution in [0.1, 0.15) is 51.4 Å². The van der Waals surface area contributed by atoms with E-state index >= 15 is 0 Å². The fourth-order valence-electron chi connectivity index (χ4n) is 6.10. The van der Waals surface area contributed by atoms with Gasteiger partial charge in [0.15, 0.2) is 0 Å². The third-order valence-corrected chi connectivity index (χ3v) is 6.89. The highest BCUT2D eigenvalue weighted by atomic mass is 15.1. The smallest absolute Gasteiger partial charge is 0.0656 e. The molecular formula is C18H28N2. The standard InChI is InChI=1S/C18H28N2/c19-11-13-2-1-4-20(5-3-13)12-18-16-7-14-6-15(9-16)10-17(18)8-14/h13-18H,1-10,12H2. The number of nitriles is 1. The van der Waals surface area contributed by atoms with E-state index in [1.165, 1.54) is 26.1 Å². The summed E-state index contributed by atoms with van der Waals surface area (Å²) in [5.74, 6) is 5.64. The minimum Gasteiger partial charge on any atom is -0.303 e. The molecule has 0 spiro atoms. The molecule has 4 bridgehead atoms. The van der Waals surface area contributed by atoms with Crippen LogP contribution in [0, 0.1) is 46.8 Å². The Morgan fingerprint density at radius 3 is 2.25 bits per heavy atom. The van der Waals surface area contributed by atoms with Gasteiger partial charge in [0.1, 0.15) is 0 Å². The van der Waals surface area contributed by atoms with Crippen LogP contribution >= 0.6 is 0 Å². The number of nitrogens with zero attached hydrogens (tertiary/aromatic N) is 2. The molecule has 110 valence electrons. The van der Waals surface area contributed by atoms with Gasteiger partial charge in [-0.1, -0.05) is 0 Å². The minimum absolute atomic E-state index is 0.332. The van der Waals surface area contributed by atoms with E-state index in [-0.39, 0.29) is 0 Å². The van der Waals surface area contributed by atoms with Crippen LogP contribution in [0.4, 0.5) is 0 Å². The lowest BCUT2D eigenvalue weighted by molar-refractivity contribution is -0.0487. The van der Waals surface area contributed by atoms with Gasteiger partial charge in [0.05, 0.1) is 6.07 Å². The van der Waals surface area contributed by atoms with Crippen molar-refractivity contribution in [3.63, 3.8) is 0 Å². The molecule has 1 atom stereocenters. The highest BCUT2D eigenvalue weighted by Gasteiger charge is 2.48. The summed E-state index contributed by atoms with van der Waals surface area (Å²) in [5, 5.41) is 9.12. The second-order valence-electron chi connectivity index (χ2n) is 8.15. The van der Waals surface area contributed by atoms with Gasteiger partial charge in [0.2, 0.25) is 0 Å². The van der Waals surface area contributed by atoms with Crippen LogP contribution < -0.4 is 0 Å². The summed E-state index contributed by atoms with van der Waals surface area (Å²) < 4.78 is 0. The molecule has 0 amide bonds. The number of hydrogen-bond donors (Lipinski definition) is 0. The summed E-state index contributed by atoms with van der Waals surface area (Å²) in [5.41, 5.74) is 0. The third-order valence-electron chi connectivity index (χ3n) is 6.89. The lowest BCUT2D eigenvalue weighted by atomic mass is 9.52. The topological polar surface area (TPSA) is 27.0 Å².